The molecule has 0 aliphatic carbocycles. The monoisotopic (exact) mass is 280 g/mol. The third kappa shape index (κ3) is 3.06. The van der Waals surface area contributed by atoms with Crippen LogP contribution in [0.5, 0.6) is 5.75 Å². The van der Waals surface area contributed by atoms with Crippen LogP contribution in [0.25, 0.3) is 0 Å². The Morgan fingerprint density at radius 1 is 1.21 bits per heavy atom. The van der Waals surface area contributed by atoms with E-state index >= 15 is 0 Å². The number of halogens is 2. The predicted octanol–water partition coefficient (Wildman–Crippen LogP) is 3.76. The molecule has 1 unspecified atom stereocenters. The van der Waals surface area contributed by atoms with Crippen molar-refractivity contribution in [2.75, 3.05) is 7.11 Å². The molecular weight excluding hydrogens is 267 g/mol. The summed E-state index contributed by atoms with van der Waals surface area (Å²) in [5, 5.41) is 10.3. The molecule has 0 saturated carbocycles. The molecule has 0 bridgehead atoms. The van der Waals surface area contributed by atoms with Crippen LogP contribution in [-0.4, -0.2) is 12.2 Å². The molecule has 0 aliphatic rings. The minimum Gasteiger partial charge on any atom is -0.496 e. The number of benzene rings is 2. The zero-order valence-electron chi connectivity index (χ0n) is 10.4. The highest BCUT2D eigenvalue weighted by atomic mass is 35.5. The van der Waals surface area contributed by atoms with Crippen molar-refractivity contribution >= 4 is 11.6 Å². The van der Waals surface area contributed by atoms with E-state index in [1.165, 1.54) is 6.07 Å². The van der Waals surface area contributed by atoms with E-state index in [2.05, 4.69) is 0 Å². The Hall–Kier alpha value is -1.58. The fraction of sp³-hybridized carbons (Fsp3) is 0.200. The van der Waals surface area contributed by atoms with Crippen LogP contribution in [0.3, 0.4) is 0 Å². The topological polar surface area (TPSA) is 29.5 Å². The van der Waals surface area contributed by atoms with Gasteiger partial charge in [0.2, 0.25) is 0 Å². The van der Waals surface area contributed by atoms with Crippen LogP contribution in [0.2, 0.25) is 5.02 Å². The Labute approximate surface area is 116 Å². The number of hydrogen-bond donors (Lipinski definition) is 1. The number of para-hydroxylation sites is 1. The summed E-state index contributed by atoms with van der Waals surface area (Å²) in [6, 6.07) is 11.7. The number of ether oxygens (including phenoxy) is 1. The summed E-state index contributed by atoms with van der Waals surface area (Å²) < 4.78 is 18.5. The van der Waals surface area contributed by atoms with Gasteiger partial charge in [0.25, 0.3) is 0 Å². The molecule has 2 aromatic carbocycles. The highest BCUT2D eigenvalue weighted by Crippen LogP contribution is 2.30. The highest BCUT2D eigenvalue weighted by molar-refractivity contribution is 6.31. The van der Waals surface area contributed by atoms with Gasteiger partial charge in [0.1, 0.15) is 11.6 Å². The first kappa shape index (κ1) is 13.8. The molecule has 0 heterocycles. The summed E-state index contributed by atoms with van der Waals surface area (Å²) in [6.45, 7) is 0. The van der Waals surface area contributed by atoms with Crippen LogP contribution in [0.1, 0.15) is 17.2 Å². The van der Waals surface area contributed by atoms with Crippen molar-refractivity contribution in [2.45, 2.75) is 12.5 Å². The molecule has 0 aromatic heterocycles. The molecule has 0 saturated heterocycles. The van der Waals surface area contributed by atoms with Gasteiger partial charge in [-0.05, 0) is 17.7 Å². The van der Waals surface area contributed by atoms with Gasteiger partial charge in [-0.2, -0.15) is 0 Å². The number of rotatable bonds is 4. The van der Waals surface area contributed by atoms with Crippen molar-refractivity contribution < 1.29 is 14.2 Å². The second-order valence-electron chi connectivity index (χ2n) is 4.17. The molecule has 2 nitrogen and oxygen atoms in total. The van der Waals surface area contributed by atoms with Crippen LogP contribution in [0, 0.1) is 5.82 Å². The highest BCUT2D eigenvalue weighted by Gasteiger charge is 2.16. The van der Waals surface area contributed by atoms with Gasteiger partial charge in [-0.3, -0.25) is 0 Å². The van der Waals surface area contributed by atoms with Crippen LogP contribution >= 0.6 is 11.6 Å². The first-order chi connectivity index (χ1) is 9.13. The van der Waals surface area contributed by atoms with E-state index in [9.17, 15) is 9.50 Å². The molecule has 0 amide bonds. The maximum atomic E-state index is 13.3. The van der Waals surface area contributed by atoms with E-state index in [1.54, 1.807) is 31.4 Å². The molecule has 0 fully saturated rings. The first-order valence-corrected chi connectivity index (χ1v) is 6.25. The fourth-order valence-electron chi connectivity index (χ4n) is 1.97. The van der Waals surface area contributed by atoms with Crippen molar-refractivity contribution in [3.05, 3.63) is 64.4 Å². The minimum absolute atomic E-state index is 0.0523. The normalized spacial score (nSPS) is 12.2. The number of aliphatic hydroxyl groups is 1. The number of aliphatic hydroxyl groups excluding tert-OH is 1. The molecule has 4 heteroatoms. The summed E-state index contributed by atoms with van der Waals surface area (Å²) in [4.78, 5) is 0. The lowest BCUT2D eigenvalue weighted by Gasteiger charge is -2.15. The van der Waals surface area contributed by atoms with Gasteiger partial charge in [0.15, 0.2) is 0 Å². The Morgan fingerprint density at radius 2 is 1.95 bits per heavy atom. The van der Waals surface area contributed by atoms with E-state index in [1.807, 2.05) is 12.1 Å². The summed E-state index contributed by atoms with van der Waals surface area (Å²) in [5.41, 5.74) is 1.23. The van der Waals surface area contributed by atoms with Gasteiger partial charge in [-0.25, -0.2) is 4.39 Å². The van der Waals surface area contributed by atoms with Crippen molar-refractivity contribution in [3.8, 4) is 5.75 Å². The lowest BCUT2D eigenvalue weighted by molar-refractivity contribution is 0.174. The van der Waals surface area contributed by atoms with Crippen LogP contribution in [-0.2, 0) is 6.42 Å². The molecule has 2 aromatic rings. The van der Waals surface area contributed by atoms with E-state index < -0.39 is 11.9 Å². The van der Waals surface area contributed by atoms with Gasteiger partial charge in [-0.15, -0.1) is 0 Å². The average molecular weight is 281 g/mol. The molecule has 19 heavy (non-hydrogen) atoms. The molecule has 100 valence electrons. The average Bonchev–Trinajstić information content (AvgIpc) is 2.43. The third-order valence-electron chi connectivity index (χ3n) is 2.94. The number of hydrogen-bond acceptors (Lipinski definition) is 2. The first-order valence-electron chi connectivity index (χ1n) is 5.87. The maximum absolute atomic E-state index is 13.3. The van der Waals surface area contributed by atoms with Crippen molar-refractivity contribution in [1.29, 1.82) is 0 Å². The third-order valence-corrected chi connectivity index (χ3v) is 3.37. The van der Waals surface area contributed by atoms with E-state index in [0.717, 1.165) is 0 Å². The molecule has 0 aliphatic heterocycles. The van der Waals surface area contributed by atoms with Crippen LogP contribution < -0.4 is 4.74 Å². The van der Waals surface area contributed by atoms with Gasteiger partial charge < -0.3 is 9.84 Å². The molecule has 0 spiro atoms. The van der Waals surface area contributed by atoms with Crippen molar-refractivity contribution in [2.24, 2.45) is 0 Å². The Morgan fingerprint density at radius 3 is 2.68 bits per heavy atom. The smallest absolute Gasteiger partial charge is 0.142 e. The standard InChI is InChI=1S/C15H14ClFO2/c1-19-14-8-3-2-6-11(14)13(18)9-10-5-4-7-12(17)15(10)16/h2-8,13,18H,9H2,1H3. The van der Waals surface area contributed by atoms with Gasteiger partial charge >= 0.3 is 0 Å². The quantitative estimate of drug-likeness (QED) is 0.924. The SMILES string of the molecule is COc1ccccc1C(O)Cc1cccc(F)c1Cl. The van der Waals surface area contributed by atoms with E-state index in [-0.39, 0.29) is 11.4 Å². The Kier molecular flexibility index (Phi) is 4.40. The summed E-state index contributed by atoms with van der Waals surface area (Å²) >= 11 is 5.88. The zero-order valence-corrected chi connectivity index (χ0v) is 11.2. The Balaban J connectivity index is 2.26. The van der Waals surface area contributed by atoms with Gasteiger partial charge in [0.05, 0.1) is 18.2 Å². The summed E-state index contributed by atoms with van der Waals surface area (Å²) in [5.74, 6) is 0.119. The van der Waals surface area contributed by atoms with E-state index in [0.29, 0.717) is 16.9 Å². The second kappa shape index (κ2) is 6.04. The molecule has 0 radical (unpaired) electrons. The summed E-state index contributed by atoms with van der Waals surface area (Å²) in [7, 11) is 1.54. The minimum atomic E-state index is -0.796. The molecule has 1 N–H and O–H groups in total. The fourth-order valence-corrected chi connectivity index (χ4v) is 2.17. The largest absolute Gasteiger partial charge is 0.496 e. The number of methoxy groups -OCH3 is 1. The maximum Gasteiger partial charge on any atom is 0.142 e. The van der Waals surface area contributed by atoms with Crippen molar-refractivity contribution in [3.63, 3.8) is 0 Å². The van der Waals surface area contributed by atoms with E-state index in [4.69, 9.17) is 16.3 Å². The molecule has 2 rings (SSSR count). The van der Waals surface area contributed by atoms with Gasteiger partial charge in [0, 0.05) is 12.0 Å². The van der Waals surface area contributed by atoms with Crippen LogP contribution in [0.4, 0.5) is 4.39 Å². The van der Waals surface area contributed by atoms with Crippen molar-refractivity contribution in [1.82, 2.24) is 0 Å². The zero-order chi connectivity index (χ0) is 13.8. The Bertz CT molecular complexity index is 572. The second-order valence-corrected chi connectivity index (χ2v) is 4.55. The van der Waals surface area contributed by atoms with Crippen LogP contribution in [0.15, 0.2) is 42.5 Å². The lowest BCUT2D eigenvalue weighted by atomic mass is 10.0. The molecule has 1 atom stereocenters. The lowest BCUT2D eigenvalue weighted by Crippen LogP contribution is -2.05. The summed E-state index contributed by atoms with van der Waals surface area (Å²) in [6.07, 6.45) is -0.563. The molecular formula is C15H14ClFO2. The van der Waals surface area contributed by atoms with Gasteiger partial charge in [-0.1, -0.05) is 41.9 Å². The predicted molar refractivity (Wildman–Crippen MR) is 73.1 cm³/mol.